The zero-order valence-electron chi connectivity index (χ0n) is 10.8. The molecule has 0 aliphatic rings. The van der Waals surface area contributed by atoms with Crippen LogP contribution in [0.25, 0.3) is 0 Å². The highest BCUT2D eigenvalue weighted by Crippen LogP contribution is 2.06. The summed E-state index contributed by atoms with van der Waals surface area (Å²) in [5.74, 6) is 0. The highest BCUT2D eigenvalue weighted by Gasteiger charge is 2.16. The third kappa shape index (κ3) is 4.02. The van der Waals surface area contributed by atoms with E-state index in [1.54, 1.807) is 0 Å². The van der Waals surface area contributed by atoms with Crippen LogP contribution >= 0.6 is 0 Å². The van der Waals surface area contributed by atoms with Gasteiger partial charge in [-0.15, -0.1) is 0 Å². The molecule has 0 amide bonds. The number of hydrogen-bond acceptors (Lipinski definition) is 5. The Bertz CT molecular complexity index is 379. The molecule has 0 saturated heterocycles. The lowest BCUT2D eigenvalue weighted by Crippen LogP contribution is -2.50. The van der Waals surface area contributed by atoms with Crippen molar-refractivity contribution in [3.8, 4) is 6.19 Å². The maximum absolute atomic E-state index is 8.71. The molecule has 0 fully saturated rings. The predicted molar refractivity (Wildman–Crippen MR) is 66.7 cm³/mol. The second-order valence-corrected chi connectivity index (χ2v) is 4.32. The molecule has 0 radical (unpaired) electrons. The van der Waals surface area contributed by atoms with E-state index in [0.717, 1.165) is 17.8 Å². The first-order chi connectivity index (χ1) is 8.04. The molecule has 1 aromatic heterocycles. The molecule has 0 aliphatic carbocycles. The van der Waals surface area contributed by atoms with Crippen LogP contribution in [0.2, 0.25) is 0 Å². The lowest BCUT2D eigenvalue weighted by Gasteiger charge is -2.31. The third-order valence-corrected chi connectivity index (χ3v) is 2.50. The van der Waals surface area contributed by atoms with Gasteiger partial charge in [0.15, 0.2) is 6.19 Å². The molecule has 92 valence electrons. The summed E-state index contributed by atoms with van der Waals surface area (Å²) in [7, 11) is 5.83. The van der Waals surface area contributed by atoms with Gasteiger partial charge in [-0.3, -0.25) is 20.1 Å². The fourth-order valence-corrected chi connectivity index (χ4v) is 1.66. The number of pyridine rings is 1. The predicted octanol–water partition coefficient (Wildman–Crippen LogP) is 0.738. The maximum atomic E-state index is 8.71. The second-order valence-electron chi connectivity index (χ2n) is 4.32. The van der Waals surface area contributed by atoms with Gasteiger partial charge in [-0.1, -0.05) is 6.07 Å². The summed E-state index contributed by atoms with van der Waals surface area (Å²) in [5.41, 5.74) is 2.14. The van der Waals surface area contributed by atoms with Crippen LogP contribution in [-0.4, -0.2) is 42.2 Å². The van der Waals surface area contributed by atoms with Crippen LogP contribution < -0.4 is 5.32 Å². The van der Waals surface area contributed by atoms with Crippen LogP contribution in [0.5, 0.6) is 0 Å². The van der Waals surface area contributed by atoms with Crippen molar-refractivity contribution in [2.45, 2.75) is 19.8 Å². The van der Waals surface area contributed by atoms with Gasteiger partial charge >= 0.3 is 0 Å². The normalized spacial score (nSPS) is 12.5. The summed E-state index contributed by atoms with van der Waals surface area (Å²) < 4.78 is 0. The Balaban J connectivity index is 2.66. The number of nitrogens with zero attached hydrogens (tertiary/aromatic N) is 4. The molecule has 0 aliphatic heterocycles. The molecule has 1 unspecified atom stereocenters. The van der Waals surface area contributed by atoms with Gasteiger partial charge in [-0.05, 0) is 39.7 Å². The second kappa shape index (κ2) is 6.18. The molecule has 1 rings (SSSR count). The van der Waals surface area contributed by atoms with Crippen LogP contribution in [-0.2, 0) is 6.54 Å². The Hall–Kier alpha value is -1.64. The van der Waals surface area contributed by atoms with Crippen molar-refractivity contribution in [3.63, 3.8) is 0 Å². The number of aryl methyl sites for hydroxylation is 1. The minimum absolute atomic E-state index is 0.110. The standard InChI is InChI=1S/C12H19N5/c1-10-5-6-11(7-14-10)8-17(4)12(15-9-13)16(2)3/h5-7,12,15H,8H2,1-4H3. The smallest absolute Gasteiger partial charge is 0.178 e. The summed E-state index contributed by atoms with van der Waals surface area (Å²) in [5, 5.41) is 11.5. The van der Waals surface area contributed by atoms with Crippen LogP contribution in [0.1, 0.15) is 11.3 Å². The van der Waals surface area contributed by atoms with Crippen LogP contribution in [0.15, 0.2) is 18.3 Å². The maximum Gasteiger partial charge on any atom is 0.178 e. The van der Waals surface area contributed by atoms with E-state index < -0.39 is 0 Å². The van der Waals surface area contributed by atoms with Gasteiger partial charge in [0.25, 0.3) is 0 Å². The quantitative estimate of drug-likeness (QED) is 0.462. The number of aromatic nitrogens is 1. The molecule has 1 N–H and O–H groups in total. The molecule has 17 heavy (non-hydrogen) atoms. The van der Waals surface area contributed by atoms with Crippen molar-refractivity contribution in [2.24, 2.45) is 0 Å². The van der Waals surface area contributed by atoms with Crippen molar-refractivity contribution in [1.82, 2.24) is 20.1 Å². The first kappa shape index (κ1) is 13.4. The van der Waals surface area contributed by atoms with Gasteiger partial charge in [0.2, 0.25) is 0 Å². The average Bonchev–Trinajstić information content (AvgIpc) is 2.28. The Morgan fingerprint density at radius 2 is 2.12 bits per heavy atom. The van der Waals surface area contributed by atoms with E-state index in [1.165, 1.54) is 0 Å². The number of hydrogen-bond donors (Lipinski definition) is 1. The largest absolute Gasteiger partial charge is 0.294 e. The van der Waals surface area contributed by atoms with Crippen molar-refractivity contribution in [2.75, 3.05) is 21.1 Å². The molecule has 1 aromatic rings. The van der Waals surface area contributed by atoms with Gasteiger partial charge in [0, 0.05) is 18.4 Å². The molecule has 0 bridgehead atoms. The number of nitrogens with one attached hydrogen (secondary N) is 1. The average molecular weight is 233 g/mol. The third-order valence-electron chi connectivity index (χ3n) is 2.50. The van der Waals surface area contributed by atoms with Crippen LogP contribution in [0.3, 0.4) is 0 Å². The van der Waals surface area contributed by atoms with E-state index >= 15 is 0 Å². The zero-order chi connectivity index (χ0) is 12.8. The molecule has 0 aromatic carbocycles. The fourth-order valence-electron chi connectivity index (χ4n) is 1.66. The summed E-state index contributed by atoms with van der Waals surface area (Å²) in [6.07, 6.45) is 3.73. The molecule has 1 heterocycles. The lowest BCUT2D eigenvalue weighted by molar-refractivity contribution is 0.0818. The van der Waals surface area contributed by atoms with Crippen molar-refractivity contribution in [3.05, 3.63) is 29.6 Å². The first-order valence-corrected chi connectivity index (χ1v) is 5.47. The van der Waals surface area contributed by atoms with Crippen LogP contribution in [0.4, 0.5) is 0 Å². The van der Waals surface area contributed by atoms with E-state index in [0.29, 0.717) is 0 Å². The van der Waals surface area contributed by atoms with E-state index in [-0.39, 0.29) is 6.29 Å². The Morgan fingerprint density at radius 3 is 2.59 bits per heavy atom. The Kier molecular flexibility index (Phi) is 4.88. The number of rotatable bonds is 5. The highest BCUT2D eigenvalue weighted by atomic mass is 15.4. The summed E-state index contributed by atoms with van der Waals surface area (Å²) in [6, 6.07) is 4.05. The number of nitriles is 1. The Labute approximate surface area is 103 Å². The molecule has 5 nitrogen and oxygen atoms in total. The van der Waals surface area contributed by atoms with Gasteiger partial charge in [-0.25, -0.2) is 0 Å². The monoisotopic (exact) mass is 233 g/mol. The summed E-state index contributed by atoms with van der Waals surface area (Å²) in [6.45, 7) is 2.71. The first-order valence-electron chi connectivity index (χ1n) is 5.47. The van der Waals surface area contributed by atoms with Gasteiger partial charge in [0.1, 0.15) is 6.29 Å². The van der Waals surface area contributed by atoms with E-state index in [4.69, 9.17) is 5.26 Å². The minimum atomic E-state index is -0.110. The topological polar surface area (TPSA) is 55.2 Å². The van der Waals surface area contributed by atoms with Gasteiger partial charge in [-0.2, -0.15) is 5.26 Å². The lowest BCUT2D eigenvalue weighted by atomic mass is 10.2. The van der Waals surface area contributed by atoms with E-state index in [2.05, 4.69) is 21.3 Å². The minimum Gasteiger partial charge on any atom is -0.294 e. The molecule has 1 atom stereocenters. The van der Waals surface area contributed by atoms with Crippen molar-refractivity contribution >= 4 is 0 Å². The van der Waals surface area contributed by atoms with Crippen LogP contribution in [0, 0.1) is 18.4 Å². The molecule has 0 spiro atoms. The molecule has 0 saturated carbocycles. The van der Waals surface area contributed by atoms with Crippen molar-refractivity contribution < 1.29 is 0 Å². The zero-order valence-corrected chi connectivity index (χ0v) is 10.8. The summed E-state index contributed by atoms with van der Waals surface area (Å²) >= 11 is 0. The fraction of sp³-hybridized carbons (Fsp3) is 0.500. The molecular weight excluding hydrogens is 214 g/mol. The SMILES string of the molecule is Cc1ccc(CN(C)C(NC#N)N(C)C)cn1. The Morgan fingerprint density at radius 1 is 1.41 bits per heavy atom. The molecule has 5 heteroatoms. The van der Waals surface area contributed by atoms with Gasteiger partial charge in [0.05, 0.1) is 0 Å². The highest BCUT2D eigenvalue weighted by molar-refractivity contribution is 5.12. The summed E-state index contributed by atoms with van der Waals surface area (Å²) in [4.78, 5) is 8.26. The molecular formula is C12H19N5. The van der Waals surface area contributed by atoms with Crippen molar-refractivity contribution in [1.29, 1.82) is 5.26 Å². The van der Waals surface area contributed by atoms with E-state index in [1.807, 2.05) is 51.4 Å². The van der Waals surface area contributed by atoms with Gasteiger partial charge < -0.3 is 0 Å². The van der Waals surface area contributed by atoms with E-state index in [9.17, 15) is 0 Å².